The predicted octanol–water partition coefficient (Wildman–Crippen LogP) is 11.2. The summed E-state index contributed by atoms with van der Waals surface area (Å²) >= 11 is 0. The maximum Gasteiger partial charge on any atom is -0.0307 e. The van der Waals surface area contributed by atoms with Gasteiger partial charge in [-0.3, -0.25) is 0 Å². The molecule has 0 bridgehead atoms. The van der Waals surface area contributed by atoms with Gasteiger partial charge in [-0.15, -0.1) is 0 Å². The van der Waals surface area contributed by atoms with Crippen LogP contribution in [0.3, 0.4) is 0 Å². The second kappa shape index (κ2) is 20.1. The molecule has 5 rings (SSSR count). The summed E-state index contributed by atoms with van der Waals surface area (Å²) in [5.74, 6) is 0. The zero-order valence-corrected chi connectivity index (χ0v) is 25.4. The summed E-state index contributed by atoms with van der Waals surface area (Å²) in [6.45, 7) is 16.9. The van der Waals surface area contributed by atoms with E-state index < -0.39 is 0 Å². The lowest BCUT2D eigenvalue weighted by Crippen LogP contribution is -1.74. The predicted molar refractivity (Wildman–Crippen MR) is 175 cm³/mol. The van der Waals surface area contributed by atoms with E-state index in [0.717, 1.165) is 6.42 Å². The molecule has 0 unspecified atom stereocenters. The molecular weight excluding hydrogens is 468 g/mol. The average Bonchev–Trinajstić information content (AvgIpc) is 2.94. The quantitative estimate of drug-likeness (QED) is 0.208. The van der Waals surface area contributed by atoms with Crippen LogP contribution < -0.4 is 0 Å². The SMILES string of the molecule is CCc1ccccc1.Cc1ccc(C)cc1.Cc1cccc(C)c1.Cc1ccccc1.Cc1ccccc1C. The highest BCUT2D eigenvalue weighted by molar-refractivity contribution is 5.23. The van der Waals surface area contributed by atoms with Crippen LogP contribution >= 0.6 is 0 Å². The number of hydrogen-bond acceptors (Lipinski definition) is 0. The Morgan fingerprint density at radius 1 is 0.333 bits per heavy atom. The van der Waals surface area contributed by atoms with Crippen LogP contribution in [0.15, 0.2) is 133 Å². The first-order chi connectivity index (χ1) is 18.7. The average molecular weight is 517 g/mol. The molecule has 0 atom stereocenters. The number of hydrogen-bond donors (Lipinski definition) is 0. The Bertz CT molecular complexity index is 1210. The molecule has 39 heavy (non-hydrogen) atoms. The molecule has 0 radical (unpaired) electrons. The largest absolute Gasteiger partial charge is 0.0622 e. The van der Waals surface area contributed by atoms with Crippen LogP contribution in [-0.4, -0.2) is 0 Å². The Kier molecular flexibility index (Phi) is 17.1. The van der Waals surface area contributed by atoms with Crippen molar-refractivity contribution in [2.45, 2.75) is 61.8 Å². The zero-order chi connectivity index (χ0) is 28.9. The van der Waals surface area contributed by atoms with E-state index in [0.29, 0.717) is 0 Å². The molecule has 0 spiro atoms. The fraction of sp³-hybridized carbons (Fsp3) is 0.231. The highest BCUT2D eigenvalue weighted by Gasteiger charge is 1.84. The first-order valence-corrected chi connectivity index (χ1v) is 13.9. The maximum absolute atomic E-state index is 2.17. The second-order valence-corrected chi connectivity index (χ2v) is 9.89. The van der Waals surface area contributed by atoms with Gasteiger partial charge in [-0.05, 0) is 71.6 Å². The monoisotopic (exact) mass is 516 g/mol. The van der Waals surface area contributed by atoms with Crippen LogP contribution in [0.4, 0.5) is 0 Å². The zero-order valence-electron chi connectivity index (χ0n) is 25.4. The third kappa shape index (κ3) is 17.3. The van der Waals surface area contributed by atoms with Gasteiger partial charge >= 0.3 is 0 Å². The van der Waals surface area contributed by atoms with E-state index >= 15 is 0 Å². The molecule has 0 N–H and O–H groups in total. The molecule has 0 nitrogen and oxygen atoms in total. The van der Waals surface area contributed by atoms with Gasteiger partial charge < -0.3 is 0 Å². The van der Waals surface area contributed by atoms with E-state index in [1.165, 1.54) is 44.5 Å². The Balaban J connectivity index is 0.000000244. The van der Waals surface area contributed by atoms with E-state index in [9.17, 15) is 0 Å². The molecule has 0 heterocycles. The van der Waals surface area contributed by atoms with Gasteiger partial charge in [-0.25, -0.2) is 0 Å². The third-order valence-electron chi connectivity index (χ3n) is 6.01. The summed E-state index contributed by atoms with van der Waals surface area (Å²) in [7, 11) is 0. The summed E-state index contributed by atoms with van der Waals surface area (Å²) in [4.78, 5) is 0. The fourth-order valence-electron chi connectivity index (χ4n) is 3.35. The van der Waals surface area contributed by atoms with E-state index in [2.05, 4.69) is 165 Å². The summed E-state index contributed by atoms with van der Waals surface area (Å²) in [5.41, 5.74) is 10.8. The Morgan fingerprint density at radius 3 is 0.923 bits per heavy atom. The molecule has 204 valence electrons. The Morgan fingerprint density at radius 2 is 0.667 bits per heavy atom. The molecule has 0 saturated heterocycles. The first kappa shape index (κ1) is 33.1. The molecular formula is C39H48. The molecule has 0 heteroatoms. The van der Waals surface area contributed by atoms with Gasteiger partial charge in [0.15, 0.2) is 0 Å². The van der Waals surface area contributed by atoms with E-state index in [1.54, 1.807) is 0 Å². The summed E-state index contributed by atoms with van der Waals surface area (Å²) < 4.78 is 0. The molecule has 0 saturated carbocycles. The molecule has 0 aliphatic carbocycles. The van der Waals surface area contributed by atoms with Gasteiger partial charge in [0.25, 0.3) is 0 Å². The number of rotatable bonds is 1. The van der Waals surface area contributed by atoms with Gasteiger partial charge in [0.05, 0.1) is 0 Å². The lowest BCUT2D eigenvalue weighted by Gasteiger charge is -1.93. The van der Waals surface area contributed by atoms with Gasteiger partial charge in [0.1, 0.15) is 0 Å². The van der Waals surface area contributed by atoms with Crippen LogP contribution in [0.1, 0.15) is 51.4 Å². The lowest BCUT2D eigenvalue weighted by atomic mass is 10.1. The molecule has 5 aromatic carbocycles. The highest BCUT2D eigenvalue weighted by Crippen LogP contribution is 2.03. The van der Waals surface area contributed by atoms with E-state index in [-0.39, 0.29) is 0 Å². The maximum atomic E-state index is 2.17. The van der Waals surface area contributed by atoms with Gasteiger partial charge in [-0.2, -0.15) is 0 Å². The van der Waals surface area contributed by atoms with E-state index in [4.69, 9.17) is 0 Å². The van der Waals surface area contributed by atoms with Crippen molar-refractivity contribution in [1.29, 1.82) is 0 Å². The van der Waals surface area contributed by atoms with Crippen LogP contribution in [0.25, 0.3) is 0 Å². The van der Waals surface area contributed by atoms with Gasteiger partial charge in [-0.1, -0.05) is 168 Å². The molecule has 0 aliphatic heterocycles. The smallest absolute Gasteiger partial charge is 0.0307 e. The minimum atomic E-state index is 1.14. The molecule has 0 aliphatic rings. The van der Waals surface area contributed by atoms with Crippen molar-refractivity contribution in [2.24, 2.45) is 0 Å². The van der Waals surface area contributed by atoms with E-state index in [1.807, 2.05) is 24.3 Å². The van der Waals surface area contributed by atoms with Crippen molar-refractivity contribution in [3.63, 3.8) is 0 Å². The van der Waals surface area contributed by atoms with Crippen LogP contribution in [-0.2, 0) is 6.42 Å². The van der Waals surface area contributed by atoms with Gasteiger partial charge in [0.2, 0.25) is 0 Å². The second-order valence-electron chi connectivity index (χ2n) is 9.89. The van der Waals surface area contributed by atoms with Crippen molar-refractivity contribution in [3.05, 3.63) is 178 Å². The Labute approximate surface area is 239 Å². The van der Waals surface area contributed by atoms with Crippen LogP contribution in [0.5, 0.6) is 0 Å². The van der Waals surface area contributed by atoms with Crippen molar-refractivity contribution in [1.82, 2.24) is 0 Å². The fourth-order valence-corrected chi connectivity index (χ4v) is 3.35. The lowest BCUT2D eigenvalue weighted by molar-refractivity contribution is 1.14. The minimum absolute atomic E-state index is 1.14. The number of aryl methyl sites for hydroxylation is 8. The van der Waals surface area contributed by atoms with Crippen molar-refractivity contribution >= 4 is 0 Å². The Hall–Kier alpha value is -3.90. The van der Waals surface area contributed by atoms with Crippen molar-refractivity contribution in [2.75, 3.05) is 0 Å². The molecule has 0 aromatic heterocycles. The summed E-state index contributed by atoms with van der Waals surface area (Å²) in [6, 6.07) is 46.0. The molecule has 0 fully saturated rings. The van der Waals surface area contributed by atoms with Crippen LogP contribution in [0.2, 0.25) is 0 Å². The number of benzene rings is 5. The summed E-state index contributed by atoms with van der Waals surface area (Å²) in [5, 5.41) is 0. The van der Waals surface area contributed by atoms with Crippen molar-refractivity contribution in [3.8, 4) is 0 Å². The minimum Gasteiger partial charge on any atom is -0.0622 e. The molecule has 0 amide bonds. The normalized spacial score (nSPS) is 9.13. The third-order valence-corrected chi connectivity index (χ3v) is 6.01. The first-order valence-electron chi connectivity index (χ1n) is 13.9. The van der Waals surface area contributed by atoms with Crippen LogP contribution in [0, 0.1) is 48.5 Å². The van der Waals surface area contributed by atoms with Gasteiger partial charge in [0, 0.05) is 0 Å². The standard InChI is InChI=1S/4C8H10.C7H8/c1-7-3-5-8(2)6-4-7;1-7-4-3-5-8(2)6-7;1-7-5-3-4-6-8(7)2;1-2-8-6-4-3-5-7-8;1-7-5-3-2-4-6-7/h3*3-6H,1-2H3;3-7H,2H2,1H3;2-6H,1H3. The topological polar surface area (TPSA) is 0 Å². The van der Waals surface area contributed by atoms with Crippen molar-refractivity contribution < 1.29 is 0 Å². The molecule has 5 aromatic rings. The highest BCUT2D eigenvalue weighted by atomic mass is 13.9. The summed E-state index contributed by atoms with van der Waals surface area (Å²) in [6.07, 6.45) is 1.14.